The summed E-state index contributed by atoms with van der Waals surface area (Å²) in [5.41, 5.74) is 9.00. The van der Waals surface area contributed by atoms with Gasteiger partial charge in [0.2, 0.25) is 5.91 Å². The van der Waals surface area contributed by atoms with Crippen LogP contribution in [-0.4, -0.2) is 23.0 Å². The highest BCUT2D eigenvalue weighted by Crippen LogP contribution is 2.24. The van der Waals surface area contributed by atoms with E-state index in [1.165, 1.54) is 11.1 Å². The van der Waals surface area contributed by atoms with Gasteiger partial charge in [-0.1, -0.05) is 6.07 Å². The lowest BCUT2D eigenvalue weighted by Crippen LogP contribution is -2.36. The second kappa shape index (κ2) is 5.84. The van der Waals surface area contributed by atoms with E-state index in [-0.39, 0.29) is 18.7 Å². The van der Waals surface area contributed by atoms with Gasteiger partial charge in [0.15, 0.2) is 0 Å². The molecular weight excluding hydrogens is 244 g/mol. The van der Waals surface area contributed by atoms with Gasteiger partial charge in [0.25, 0.3) is 0 Å². The summed E-state index contributed by atoms with van der Waals surface area (Å²) in [5, 5.41) is 11.3. The van der Waals surface area contributed by atoms with Crippen molar-refractivity contribution in [2.24, 2.45) is 5.73 Å². The van der Waals surface area contributed by atoms with Crippen LogP contribution in [0, 0.1) is 0 Å². The fraction of sp³-hybridized carbons (Fsp3) is 0.429. The molecule has 1 aliphatic carbocycles. The number of anilines is 1. The summed E-state index contributed by atoms with van der Waals surface area (Å²) in [6.07, 6.45) is 3.35. The number of benzene rings is 1. The van der Waals surface area contributed by atoms with Gasteiger partial charge in [-0.3, -0.25) is 9.59 Å². The fourth-order valence-corrected chi connectivity index (χ4v) is 2.29. The van der Waals surface area contributed by atoms with E-state index in [1.807, 2.05) is 18.2 Å². The molecule has 1 amide bonds. The van der Waals surface area contributed by atoms with Crippen LogP contribution < -0.4 is 11.1 Å². The summed E-state index contributed by atoms with van der Waals surface area (Å²) in [5.74, 6) is -1.28. The van der Waals surface area contributed by atoms with Crippen molar-refractivity contribution in [3.05, 3.63) is 29.3 Å². The Balaban J connectivity index is 1.93. The molecule has 0 heterocycles. The number of fused-ring (bicyclic) bond motifs is 1. The van der Waals surface area contributed by atoms with Crippen LogP contribution >= 0.6 is 0 Å². The molecule has 0 bridgehead atoms. The number of carbonyl (C=O) groups is 2. The molecule has 5 nitrogen and oxygen atoms in total. The molecule has 102 valence electrons. The zero-order valence-corrected chi connectivity index (χ0v) is 10.7. The number of nitrogens with one attached hydrogen (secondary N) is 1. The molecular formula is C14H18N2O3. The Morgan fingerprint density at radius 2 is 2.05 bits per heavy atom. The molecule has 0 aliphatic heterocycles. The van der Waals surface area contributed by atoms with Crippen molar-refractivity contribution in [3.8, 4) is 0 Å². The van der Waals surface area contributed by atoms with Gasteiger partial charge in [-0.2, -0.15) is 0 Å². The lowest BCUT2D eigenvalue weighted by molar-refractivity contribution is -0.137. The number of carbonyl (C=O) groups excluding carboxylic acids is 1. The Hall–Kier alpha value is -1.88. The van der Waals surface area contributed by atoms with E-state index in [1.54, 1.807) is 0 Å². The first-order valence-electron chi connectivity index (χ1n) is 6.46. The van der Waals surface area contributed by atoms with Crippen molar-refractivity contribution in [2.75, 3.05) is 5.32 Å². The first kappa shape index (κ1) is 13.5. The van der Waals surface area contributed by atoms with Crippen molar-refractivity contribution in [3.63, 3.8) is 0 Å². The second-order valence-corrected chi connectivity index (χ2v) is 4.87. The molecule has 2 rings (SSSR count). The molecule has 0 spiro atoms. The summed E-state index contributed by atoms with van der Waals surface area (Å²) in [4.78, 5) is 22.2. The Bertz CT molecular complexity index is 499. The van der Waals surface area contributed by atoms with E-state index in [4.69, 9.17) is 10.8 Å². The second-order valence-electron chi connectivity index (χ2n) is 4.87. The van der Waals surface area contributed by atoms with Crippen LogP contribution in [-0.2, 0) is 22.4 Å². The Morgan fingerprint density at radius 1 is 1.32 bits per heavy atom. The molecule has 1 aromatic carbocycles. The molecule has 5 heteroatoms. The van der Waals surface area contributed by atoms with Gasteiger partial charge in [-0.05, 0) is 48.9 Å². The number of hydrogen-bond donors (Lipinski definition) is 3. The minimum absolute atomic E-state index is 0.0984. The van der Waals surface area contributed by atoms with Gasteiger partial charge in [-0.25, -0.2) is 0 Å². The monoisotopic (exact) mass is 262 g/mol. The molecule has 0 radical (unpaired) electrons. The molecule has 0 saturated carbocycles. The largest absolute Gasteiger partial charge is 0.481 e. The molecule has 1 unspecified atom stereocenters. The first-order valence-corrected chi connectivity index (χ1v) is 6.46. The number of carboxylic acid groups (broad SMARTS) is 1. The number of hydrogen-bond acceptors (Lipinski definition) is 3. The predicted molar refractivity (Wildman–Crippen MR) is 71.9 cm³/mol. The van der Waals surface area contributed by atoms with Gasteiger partial charge in [-0.15, -0.1) is 0 Å². The third-order valence-electron chi connectivity index (χ3n) is 3.37. The zero-order valence-electron chi connectivity index (χ0n) is 10.7. The topological polar surface area (TPSA) is 92.4 Å². The third kappa shape index (κ3) is 3.54. The van der Waals surface area contributed by atoms with Crippen LogP contribution in [0.3, 0.4) is 0 Å². The maximum Gasteiger partial charge on any atom is 0.303 e. The molecule has 1 aliphatic rings. The van der Waals surface area contributed by atoms with Gasteiger partial charge < -0.3 is 16.2 Å². The maximum absolute atomic E-state index is 11.8. The number of amides is 1. The van der Waals surface area contributed by atoms with Crippen molar-refractivity contribution in [1.82, 2.24) is 0 Å². The van der Waals surface area contributed by atoms with Gasteiger partial charge in [0, 0.05) is 12.1 Å². The highest BCUT2D eigenvalue weighted by atomic mass is 16.4. The van der Waals surface area contributed by atoms with Crippen molar-refractivity contribution in [2.45, 2.75) is 38.1 Å². The molecule has 0 aromatic heterocycles. The van der Waals surface area contributed by atoms with Gasteiger partial charge >= 0.3 is 5.97 Å². The van der Waals surface area contributed by atoms with Gasteiger partial charge in [0.1, 0.15) is 0 Å². The van der Waals surface area contributed by atoms with E-state index in [0.717, 1.165) is 24.9 Å². The predicted octanol–water partition coefficient (Wildman–Crippen LogP) is 1.31. The Morgan fingerprint density at radius 3 is 2.79 bits per heavy atom. The summed E-state index contributed by atoms with van der Waals surface area (Å²) in [7, 11) is 0. The van der Waals surface area contributed by atoms with E-state index >= 15 is 0 Å². The number of rotatable bonds is 5. The maximum atomic E-state index is 11.8. The lowest BCUT2D eigenvalue weighted by atomic mass is 10.1. The highest BCUT2D eigenvalue weighted by molar-refractivity contribution is 5.95. The number of nitrogens with two attached hydrogens (primary N) is 1. The number of aliphatic carboxylic acids is 1. The molecule has 4 N–H and O–H groups in total. The first-order chi connectivity index (χ1) is 9.06. The molecule has 1 aromatic rings. The van der Waals surface area contributed by atoms with E-state index in [0.29, 0.717) is 0 Å². The van der Waals surface area contributed by atoms with E-state index in [2.05, 4.69) is 5.32 Å². The fourth-order valence-electron chi connectivity index (χ4n) is 2.29. The molecule has 1 atom stereocenters. The van der Waals surface area contributed by atoms with Crippen molar-refractivity contribution < 1.29 is 14.7 Å². The lowest BCUT2D eigenvalue weighted by Gasteiger charge is -2.12. The van der Waals surface area contributed by atoms with E-state index < -0.39 is 12.0 Å². The van der Waals surface area contributed by atoms with Gasteiger partial charge in [0.05, 0.1) is 6.04 Å². The zero-order chi connectivity index (χ0) is 13.8. The van der Waals surface area contributed by atoms with Crippen LogP contribution in [0.2, 0.25) is 0 Å². The quantitative estimate of drug-likeness (QED) is 0.746. The SMILES string of the molecule is NC(CCC(=O)O)C(=O)Nc1ccc2c(c1)CCC2. The summed E-state index contributed by atoms with van der Waals surface area (Å²) in [6.45, 7) is 0. The number of carboxylic acids is 1. The number of aryl methyl sites for hydroxylation is 2. The average Bonchev–Trinajstić information content (AvgIpc) is 2.83. The van der Waals surface area contributed by atoms with E-state index in [9.17, 15) is 9.59 Å². The summed E-state index contributed by atoms with van der Waals surface area (Å²) >= 11 is 0. The van der Waals surface area contributed by atoms with Crippen LogP contribution in [0.4, 0.5) is 5.69 Å². The minimum Gasteiger partial charge on any atom is -0.481 e. The highest BCUT2D eigenvalue weighted by Gasteiger charge is 2.16. The Labute approximate surface area is 111 Å². The third-order valence-corrected chi connectivity index (χ3v) is 3.37. The Kier molecular flexibility index (Phi) is 4.16. The summed E-state index contributed by atoms with van der Waals surface area (Å²) < 4.78 is 0. The molecule has 0 saturated heterocycles. The minimum atomic E-state index is -0.944. The molecule has 0 fully saturated rings. The normalized spacial score (nSPS) is 14.8. The van der Waals surface area contributed by atoms with Crippen LogP contribution in [0.15, 0.2) is 18.2 Å². The van der Waals surface area contributed by atoms with Crippen molar-refractivity contribution in [1.29, 1.82) is 0 Å². The van der Waals surface area contributed by atoms with Crippen molar-refractivity contribution >= 4 is 17.6 Å². The summed E-state index contributed by atoms with van der Waals surface area (Å²) in [6, 6.07) is 5.08. The average molecular weight is 262 g/mol. The van der Waals surface area contributed by atoms with Crippen LogP contribution in [0.5, 0.6) is 0 Å². The van der Waals surface area contributed by atoms with Crippen LogP contribution in [0.1, 0.15) is 30.4 Å². The standard InChI is InChI=1S/C14H18N2O3/c15-12(6-7-13(17)18)14(19)16-11-5-4-9-2-1-3-10(9)8-11/h4-5,8,12H,1-3,6-7,15H2,(H,16,19)(H,17,18). The smallest absolute Gasteiger partial charge is 0.303 e. The molecule has 19 heavy (non-hydrogen) atoms. The van der Waals surface area contributed by atoms with Crippen LogP contribution in [0.25, 0.3) is 0 Å².